The minimum Gasteiger partial charge on any atom is -0.486 e. The number of pyridine rings is 1. The molecule has 1 atom stereocenters. The number of amides is 1. The van der Waals surface area contributed by atoms with E-state index in [2.05, 4.69) is 4.98 Å². The van der Waals surface area contributed by atoms with Gasteiger partial charge in [0.1, 0.15) is 12.4 Å². The number of likely N-dealkylation sites (tertiary alicyclic amines) is 1. The third kappa shape index (κ3) is 4.71. The van der Waals surface area contributed by atoms with Crippen molar-refractivity contribution in [3.05, 3.63) is 93.2 Å². The number of carboxylic acids is 1. The van der Waals surface area contributed by atoms with E-state index in [1.807, 2.05) is 0 Å². The summed E-state index contributed by atoms with van der Waals surface area (Å²) < 4.78 is 5.74. The number of carboxylic acid groups (broad SMARTS) is 1. The van der Waals surface area contributed by atoms with Crippen LogP contribution < -0.4 is 4.74 Å². The number of aromatic nitrogens is 1. The van der Waals surface area contributed by atoms with Crippen LogP contribution in [0.3, 0.4) is 0 Å². The molecule has 0 bridgehead atoms. The van der Waals surface area contributed by atoms with Crippen LogP contribution in [-0.4, -0.2) is 33.4 Å². The van der Waals surface area contributed by atoms with E-state index in [0.717, 1.165) is 12.8 Å². The first kappa shape index (κ1) is 22.1. The highest BCUT2D eigenvalue weighted by Gasteiger charge is 2.32. The minimum absolute atomic E-state index is 0.0504. The molecule has 1 amide bonds. The fraction of sp³-hybridized carbons (Fsp3) is 0.208. The Hall–Kier alpha value is -3.09. The van der Waals surface area contributed by atoms with E-state index in [0.29, 0.717) is 33.6 Å². The second-order valence-corrected chi connectivity index (χ2v) is 8.26. The number of rotatable bonds is 6. The summed E-state index contributed by atoms with van der Waals surface area (Å²) in [6.45, 7) is 0.539. The van der Waals surface area contributed by atoms with Gasteiger partial charge in [0.25, 0.3) is 5.91 Å². The topological polar surface area (TPSA) is 79.7 Å². The summed E-state index contributed by atoms with van der Waals surface area (Å²) in [4.78, 5) is 31.2. The molecule has 32 heavy (non-hydrogen) atoms. The van der Waals surface area contributed by atoms with E-state index in [4.69, 9.17) is 27.9 Å². The Morgan fingerprint density at radius 1 is 1.06 bits per heavy atom. The molecule has 2 heterocycles. The fourth-order valence-corrected chi connectivity index (χ4v) is 4.11. The van der Waals surface area contributed by atoms with Crippen LogP contribution in [0.5, 0.6) is 5.75 Å². The Labute approximate surface area is 195 Å². The van der Waals surface area contributed by atoms with Gasteiger partial charge in [-0.15, -0.1) is 0 Å². The Morgan fingerprint density at radius 2 is 1.81 bits per heavy atom. The lowest BCUT2D eigenvalue weighted by Crippen LogP contribution is -2.31. The predicted molar refractivity (Wildman–Crippen MR) is 121 cm³/mol. The molecule has 1 unspecified atom stereocenters. The molecule has 164 valence electrons. The normalized spacial score (nSPS) is 15.6. The minimum atomic E-state index is -1.10. The summed E-state index contributed by atoms with van der Waals surface area (Å²) in [7, 11) is 0. The van der Waals surface area contributed by atoms with E-state index in [1.54, 1.807) is 59.5 Å². The van der Waals surface area contributed by atoms with E-state index in [9.17, 15) is 14.7 Å². The highest BCUT2D eigenvalue weighted by molar-refractivity contribution is 6.32. The van der Waals surface area contributed by atoms with Crippen LogP contribution in [0, 0.1) is 0 Å². The van der Waals surface area contributed by atoms with Crippen molar-refractivity contribution in [2.24, 2.45) is 0 Å². The van der Waals surface area contributed by atoms with Crippen LogP contribution in [0.15, 0.2) is 60.7 Å². The second kappa shape index (κ2) is 9.59. The lowest BCUT2D eigenvalue weighted by molar-refractivity contribution is 0.0688. The van der Waals surface area contributed by atoms with Crippen LogP contribution in [0.25, 0.3) is 0 Å². The summed E-state index contributed by atoms with van der Waals surface area (Å²) in [5, 5.41) is 10.6. The zero-order chi connectivity index (χ0) is 22.7. The smallest absolute Gasteiger partial charge is 0.337 e. The maximum atomic E-state index is 13.1. The van der Waals surface area contributed by atoms with E-state index in [-0.39, 0.29) is 29.8 Å². The first-order valence-corrected chi connectivity index (χ1v) is 10.9. The number of aromatic carboxylic acids is 1. The second-order valence-electron chi connectivity index (χ2n) is 7.42. The molecule has 0 saturated carbocycles. The molecule has 0 aliphatic carbocycles. The molecular weight excluding hydrogens is 451 g/mol. The van der Waals surface area contributed by atoms with Crippen molar-refractivity contribution in [2.45, 2.75) is 25.5 Å². The van der Waals surface area contributed by atoms with Crippen molar-refractivity contribution >= 4 is 35.1 Å². The number of hydrogen-bond acceptors (Lipinski definition) is 4. The monoisotopic (exact) mass is 470 g/mol. The molecule has 8 heteroatoms. The van der Waals surface area contributed by atoms with Gasteiger partial charge in [-0.25, -0.2) is 4.79 Å². The molecule has 1 aliphatic rings. The molecule has 3 aromatic rings. The molecule has 1 fully saturated rings. The zero-order valence-electron chi connectivity index (χ0n) is 17.0. The van der Waals surface area contributed by atoms with Gasteiger partial charge in [0.05, 0.1) is 28.0 Å². The highest BCUT2D eigenvalue weighted by Crippen LogP contribution is 2.33. The third-order valence-corrected chi connectivity index (χ3v) is 5.94. The third-order valence-electron chi connectivity index (χ3n) is 5.37. The SMILES string of the molecule is O=C(O)c1ccc(C2CCCN2C(=O)c2ccc(Cl)cc2)nc1COc1ccccc1Cl. The van der Waals surface area contributed by atoms with Gasteiger partial charge in [0.2, 0.25) is 0 Å². The van der Waals surface area contributed by atoms with Crippen molar-refractivity contribution in [2.75, 3.05) is 6.54 Å². The van der Waals surface area contributed by atoms with Crippen molar-refractivity contribution in [3.63, 3.8) is 0 Å². The molecular formula is C24H20Cl2N2O4. The van der Waals surface area contributed by atoms with Crippen molar-refractivity contribution in [1.29, 1.82) is 0 Å². The largest absolute Gasteiger partial charge is 0.486 e. The maximum Gasteiger partial charge on any atom is 0.337 e. The Morgan fingerprint density at radius 3 is 2.53 bits per heavy atom. The highest BCUT2D eigenvalue weighted by atomic mass is 35.5. The molecule has 4 rings (SSSR count). The molecule has 2 aromatic carbocycles. The lowest BCUT2D eigenvalue weighted by Gasteiger charge is -2.25. The van der Waals surface area contributed by atoms with Gasteiger partial charge < -0.3 is 14.7 Å². The lowest BCUT2D eigenvalue weighted by atomic mass is 10.1. The number of carbonyl (C=O) groups excluding carboxylic acids is 1. The molecule has 0 radical (unpaired) electrons. The summed E-state index contributed by atoms with van der Waals surface area (Å²) in [6.07, 6.45) is 1.57. The Kier molecular flexibility index (Phi) is 6.63. The van der Waals surface area contributed by atoms with E-state index in [1.165, 1.54) is 6.07 Å². The molecule has 1 saturated heterocycles. The number of nitrogens with zero attached hydrogens (tertiary/aromatic N) is 2. The van der Waals surface area contributed by atoms with Crippen LogP contribution in [0.4, 0.5) is 0 Å². The van der Waals surface area contributed by atoms with Gasteiger partial charge in [-0.3, -0.25) is 9.78 Å². The first-order valence-electron chi connectivity index (χ1n) is 10.1. The van der Waals surface area contributed by atoms with Crippen LogP contribution >= 0.6 is 23.2 Å². The van der Waals surface area contributed by atoms with Gasteiger partial charge in [-0.05, 0) is 61.4 Å². The fourth-order valence-electron chi connectivity index (χ4n) is 3.79. The van der Waals surface area contributed by atoms with Crippen LogP contribution in [0.2, 0.25) is 10.0 Å². The number of benzene rings is 2. The van der Waals surface area contributed by atoms with Gasteiger partial charge >= 0.3 is 5.97 Å². The summed E-state index contributed by atoms with van der Waals surface area (Å²) in [5.41, 5.74) is 1.51. The number of hydrogen-bond donors (Lipinski definition) is 1. The zero-order valence-corrected chi connectivity index (χ0v) is 18.5. The number of ether oxygens (including phenoxy) is 1. The van der Waals surface area contributed by atoms with Gasteiger partial charge in [-0.1, -0.05) is 35.3 Å². The summed E-state index contributed by atoms with van der Waals surface area (Å²) in [6, 6.07) is 16.7. The maximum absolute atomic E-state index is 13.1. The molecule has 1 aliphatic heterocycles. The van der Waals surface area contributed by atoms with Crippen molar-refractivity contribution in [1.82, 2.24) is 9.88 Å². The Balaban J connectivity index is 1.60. The van der Waals surface area contributed by atoms with E-state index < -0.39 is 5.97 Å². The quantitative estimate of drug-likeness (QED) is 0.503. The van der Waals surface area contributed by atoms with Gasteiger partial charge in [0.15, 0.2) is 0 Å². The van der Waals surface area contributed by atoms with Crippen LogP contribution in [-0.2, 0) is 6.61 Å². The van der Waals surface area contributed by atoms with Gasteiger partial charge in [-0.2, -0.15) is 0 Å². The Bertz CT molecular complexity index is 1150. The van der Waals surface area contributed by atoms with Crippen molar-refractivity contribution < 1.29 is 19.4 Å². The molecule has 1 aromatic heterocycles. The summed E-state index contributed by atoms with van der Waals surface area (Å²) >= 11 is 12.1. The van der Waals surface area contributed by atoms with E-state index >= 15 is 0 Å². The standard InChI is InChI=1S/C24H20Cl2N2O4/c25-16-9-7-15(8-10-16)23(29)28-13-3-5-21(28)19-12-11-17(24(30)31)20(27-19)14-32-22-6-2-1-4-18(22)26/h1-2,4,6-12,21H,3,5,13-14H2,(H,30,31). The average Bonchev–Trinajstić information content (AvgIpc) is 3.28. The van der Waals surface area contributed by atoms with Crippen LogP contribution in [0.1, 0.15) is 51.0 Å². The predicted octanol–water partition coefficient (Wildman–Crippen LogP) is 5.64. The summed E-state index contributed by atoms with van der Waals surface area (Å²) in [5.74, 6) is -0.761. The number of carbonyl (C=O) groups is 2. The average molecular weight is 471 g/mol. The molecule has 6 nitrogen and oxygen atoms in total. The number of para-hydroxylation sites is 1. The van der Waals surface area contributed by atoms with Crippen molar-refractivity contribution in [3.8, 4) is 5.75 Å². The first-order chi connectivity index (χ1) is 15.4. The molecule has 1 N–H and O–H groups in total. The molecule has 0 spiro atoms. The number of halogens is 2. The van der Waals surface area contributed by atoms with Gasteiger partial charge in [0, 0.05) is 17.1 Å².